The van der Waals surface area contributed by atoms with Crippen molar-refractivity contribution in [1.29, 1.82) is 0 Å². The monoisotopic (exact) mass is 283 g/mol. The Kier molecular flexibility index (Phi) is 5.31. The van der Waals surface area contributed by atoms with Gasteiger partial charge < -0.3 is 24.1 Å². The Morgan fingerprint density at radius 2 is 1.85 bits per heavy atom. The number of phenolic OH excluding ortho intramolecular Hbond substituents is 1. The highest BCUT2D eigenvalue weighted by Gasteiger charge is 2.15. The Morgan fingerprint density at radius 3 is 2.50 bits per heavy atom. The number of phenols is 1. The van der Waals surface area contributed by atoms with Gasteiger partial charge in [-0.15, -0.1) is 0 Å². The Hall–Kier alpha value is -1.66. The summed E-state index contributed by atoms with van der Waals surface area (Å²) < 4.78 is 21.4. The number of benzene rings is 1. The van der Waals surface area contributed by atoms with E-state index in [-0.39, 0.29) is 5.75 Å². The first-order chi connectivity index (χ1) is 9.74. The van der Waals surface area contributed by atoms with Gasteiger partial charge in [0.05, 0.1) is 27.4 Å². The summed E-state index contributed by atoms with van der Waals surface area (Å²) in [6, 6.07) is 3.02. The second-order valence-electron chi connectivity index (χ2n) is 4.48. The molecule has 0 amide bonds. The lowest BCUT2D eigenvalue weighted by atomic mass is 10.2. The molecule has 0 unspecified atom stereocenters. The Morgan fingerprint density at radius 1 is 1.15 bits per heavy atom. The zero-order chi connectivity index (χ0) is 14.4. The lowest BCUT2D eigenvalue weighted by molar-refractivity contribution is 0.0321. The molecule has 6 nitrogen and oxygen atoms in total. The van der Waals surface area contributed by atoms with Crippen LogP contribution in [0.2, 0.25) is 0 Å². The summed E-state index contributed by atoms with van der Waals surface area (Å²) in [5.41, 5.74) is 0. The third-order valence-electron chi connectivity index (χ3n) is 3.20. The third-order valence-corrected chi connectivity index (χ3v) is 3.20. The van der Waals surface area contributed by atoms with Gasteiger partial charge in [-0.05, 0) is 0 Å². The molecule has 0 aromatic heterocycles. The van der Waals surface area contributed by atoms with Gasteiger partial charge in [0.25, 0.3) is 0 Å². The first-order valence-corrected chi connectivity index (χ1v) is 6.62. The molecule has 0 radical (unpaired) electrons. The molecule has 1 aromatic carbocycles. The molecule has 0 bridgehead atoms. The van der Waals surface area contributed by atoms with E-state index in [4.69, 9.17) is 18.9 Å². The first-order valence-electron chi connectivity index (χ1n) is 6.62. The molecule has 0 atom stereocenters. The van der Waals surface area contributed by atoms with Gasteiger partial charge in [-0.25, -0.2) is 0 Å². The van der Waals surface area contributed by atoms with Gasteiger partial charge in [-0.1, -0.05) is 0 Å². The minimum absolute atomic E-state index is 0.0871. The van der Waals surface area contributed by atoms with E-state index in [2.05, 4.69) is 4.90 Å². The average molecular weight is 283 g/mol. The van der Waals surface area contributed by atoms with Crippen LogP contribution < -0.4 is 14.2 Å². The van der Waals surface area contributed by atoms with E-state index in [0.29, 0.717) is 23.9 Å². The summed E-state index contributed by atoms with van der Waals surface area (Å²) in [6.07, 6.45) is 0. The molecule has 0 spiro atoms. The van der Waals surface area contributed by atoms with Gasteiger partial charge in [0.1, 0.15) is 12.4 Å². The SMILES string of the molecule is COc1cc(O)cc(OCCN2CCOCC2)c1OC. The molecule has 1 aliphatic rings. The van der Waals surface area contributed by atoms with Crippen LogP contribution in [0.4, 0.5) is 0 Å². The largest absolute Gasteiger partial charge is 0.508 e. The van der Waals surface area contributed by atoms with Crippen molar-refractivity contribution in [3.8, 4) is 23.0 Å². The van der Waals surface area contributed by atoms with Crippen molar-refractivity contribution >= 4 is 0 Å². The summed E-state index contributed by atoms with van der Waals surface area (Å²) in [6.45, 7) is 4.70. The second kappa shape index (κ2) is 7.21. The molecular weight excluding hydrogens is 262 g/mol. The van der Waals surface area contributed by atoms with Gasteiger partial charge in [0.2, 0.25) is 5.75 Å². The lowest BCUT2D eigenvalue weighted by Gasteiger charge is -2.26. The van der Waals surface area contributed by atoms with E-state index in [1.54, 1.807) is 7.11 Å². The van der Waals surface area contributed by atoms with Crippen LogP contribution in [0.15, 0.2) is 12.1 Å². The molecule has 1 aliphatic heterocycles. The maximum atomic E-state index is 9.65. The summed E-state index contributed by atoms with van der Waals surface area (Å²) >= 11 is 0. The average Bonchev–Trinajstić information content (AvgIpc) is 2.47. The molecule has 20 heavy (non-hydrogen) atoms. The molecule has 1 N–H and O–H groups in total. The molecule has 6 heteroatoms. The van der Waals surface area contributed by atoms with Gasteiger partial charge in [-0.2, -0.15) is 0 Å². The van der Waals surface area contributed by atoms with Crippen LogP contribution in [0.25, 0.3) is 0 Å². The zero-order valence-electron chi connectivity index (χ0n) is 11.9. The maximum absolute atomic E-state index is 9.65. The highest BCUT2D eigenvalue weighted by molar-refractivity contribution is 5.55. The normalized spacial score (nSPS) is 15.9. The van der Waals surface area contributed by atoms with Crippen molar-refractivity contribution in [2.24, 2.45) is 0 Å². The van der Waals surface area contributed by atoms with Gasteiger partial charge in [-0.3, -0.25) is 4.90 Å². The number of nitrogens with zero attached hydrogens (tertiary/aromatic N) is 1. The van der Waals surface area contributed by atoms with Crippen LogP contribution in [0, 0.1) is 0 Å². The fourth-order valence-electron chi connectivity index (χ4n) is 2.13. The van der Waals surface area contributed by atoms with Crippen molar-refractivity contribution in [2.45, 2.75) is 0 Å². The molecule has 2 rings (SSSR count). The van der Waals surface area contributed by atoms with Gasteiger partial charge >= 0.3 is 0 Å². The highest BCUT2D eigenvalue weighted by Crippen LogP contribution is 2.40. The number of hydrogen-bond acceptors (Lipinski definition) is 6. The van der Waals surface area contributed by atoms with Gasteiger partial charge in [0, 0.05) is 31.8 Å². The minimum Gasteiger partial charge on any atom is -0.508 e. The van der Waals surface area contributed by atoms with E-state index in [9.17, 15) is 5.11 Å². The number of aromatic hydroxyl groups is 1. The van der Waals surface area contributed by atoms with Crippen LogP contribution >= 0.6 is 0 Å². The molecule has 0 saturated carbocycles. The quantitative estimate of drug-likeness (QED) is 0.844. The Bertz CT molecular complexity index is 432. The van der Waals surface area contributed by atoms with E-state index in [1.807, 2.05) is 0 Å². The molecule has 1 aromatic rings. The number of methoxy groups -OCH3 is 2. The molecular formula is C14H21NO5. The summed E-state index contributed by atoms with van der Waals surface area (Å²) in [4.78, 5) is 2.27. The van der Waals surface area contributed by atoms with E-state index < -0.39 is 0 Å². The van der Waals surface area contributed by atoms with Crippen LogP contribution in [0.3, 0.4) is 0 Å². The number of morpholine rings is 1. The Labute approximate surface area is 118 Å². The molecule has 1 fully saturated rings. The zero-order valence-corrected chi connectivity index (χ0v) is 11.9. The van der Waals surface area contributed by atoms with Crippen molar-refractivity contribution in [3.63, 3.8) is 0 Å². The smallest absolute Gasteiger partial charge is 0.203 e. The fourth-order valence-corrected chi connectivity index (χ4v) is 2.13. The summed E-state index contributed by atoms with van der Waals surface area (Å²) in [5.74, 6) is 1.52. The van der Waals surface area contributed by atoms with Crippen LogP contribution in [-0.2, 0) is 4.74 Å². The lowest BCUT2D eigenvalue weighted by Crippen LogP contribution is -2.38. The number of ether oxygens (including phenoxy) is 4. The van der Waals surface area contributed by atoms with Crippen molar-refractivity contribution in [3.05, 3.63) is 12.1 Å². The Balaban J connectivity index is 1.95. The molecule has 1 heterocycles. The predicted octanol–water partition coefficient (Wildman–Crippen LogP) is 1.12. The van der Waals surface area contributed by atoms with Crippen molar-refractivity contribution in [2.75, 3.05) is 53.7 Å². The molecule has 1 saturated heterocycles. The van der Waals surface area contributed by atoms with Crippen molar-refractivity contribution < 1.29 is 24.1 Å². The highest BCUT2D eigenvalue weighted by atomic mass is 16.5. The first kappa shape index (κ1) is 14.7. The van der Waals surface area contributed by atoms with E-state index in [0.717, 1.165) is 32.8 Å². The third kappa shape index (κ3) is 3.68. The predicted molar refractivity (Wildman–Crippen MR) is 74.0 cm³/mol. The fraction of sp³-hybridized carbons (Fsp3) is 0.571. The second-order valence-corrected chi connectivity index (χ2v) is 4.48. The molecule has 112 valence electrons. The van der Waals surface area contributed by atoms with E-state index in [1.165, 1.54) is 19.2 Å². The van der Waals surface area contributed by atoms with Crippen LogP contribution in [0.5, 0.6) is 23.0 Å². The topological polar surface area (TPSA) is 60.4 Å². The molecule has 0 aliphatic carbocycles. The number of hydrogen-bond donors (Lipinski definition) is 1. The minimum atomic E-state index is 0.0871. The maximum Gasteiger partial charge on any atom is 0.203 e. The van der Waals surface area contributed by atoms with Crippen molar-refractivity contribution in [1.82, 2.24) is 4.90 Å². The van der Waals surface area contributed by atoms with Gasteiger partial charge in [0.15, 0.2) is 11.5 Å². The summed E-state index contributed by atoms with van der Waals surface area (Å²) in [7, 11) is 3.07. The van der Waals surface area contributed by atoms with E-state index >= 15 is 0 Å². The summed E-state index contributed by atoms with van der Waals surface area (Å²) in [5, 5.41) is 9.65. The standard InChI is InChI=1S/C14H21NO5/c1-17-12-9-11(16)10-13(14(12)18-2)20-8-5-15-3-6-19-7-4-15/h9-10,16H,3-8H2,1-2H3. The van der Waals surface area contributed by atoms with Crippen LogP contribution in [0.1, 0.15) is 0 Å². The van der Waals surface area contributed by atoms with Crippen LogP contribution in [-0.4, -0.2) is 63.7 Å². The number of rotatable bonds is 6.